The second-order valence-electron chi connectivity index (χ2n) is 6.29. The molecule has 120 valence electrons. The minimum atomic E-state index is 0.229. The van der Waals surface area contributed by atoms with Crippen LogP contribution in [-0.2, 0) is 0 Å². The van der Waals surface area contributed by atoms with Crippen molar-refractivity contribution in [3.63, 3.8) is 0 Å². The Morgan fingerprint density at radius 3 is 2.21 bits per heavy atom. The smallest absolute Gasteiger partial charge is 0.0662 e. The Hall–Kier alpha value is -2.67. The van der Waals surface area contributed by atoms with Crippen LogP contribution in [0.25, 0.3) is 0 Å². The number of hydrogen-bond donors (Lipinski definition) is 0. The SMILES string of the molecule is Cc1cccc(C(=Nc2ccccc2C)C(C)c2ccccc2)c1. The fourth-order valence-corrected chi connectivity index (χ4v) is 2.93. The fourth-order valence-electron chi connectivity index (χ4n) is 2.93. The zero-order chi connectivity index (χ0) is 16.9. The molecule has 1 atom stereocenters. The van der Waals surface area contributed by atoms with Crippen LogP contribution in [0, 0.1) is 13.8 Å². The van der Waals surface area contributed by atoms with E-state index in [0.717, 1.165) is 11.4 Å². The Bertz CT molecular complexity index is 847. The van der Waals surface area contributed by atoms with E-state index in [1.165, 1.54) is 22.3 Å². The molecule has 1 heteroatoms. The van der Waals surface area contributed by atoms with E-state index in [1.54, 1.807) is 0 Å². The van der Waals surface area contributed by atoms with Crippen molar-refractivity contribution in [1.29, 1.82) is 0 Å². The first-order chi connectivity index (χ1) is 11.6. The van der Waals surface area contributed by atoms with Crippen LogP contribution in [0.4, 0.5) is 5.69 Å². The van der Waals surface area contributed by atoms with Gasteiger partial charge in [-0.15, -0.1) is 0 Å². The molecule has 0 N–H and O–H groups in total. The lowest BCUT2D eigenvalue weighted by Gasteiger charge is -2.17. The molecule has 0 saturated heterocycles. The van der Waals surface area contributed by atoms with Gasteiger partial charge in [-0.05, 0) is 36.6 Å². The lowest BCUT2D eigenvalue weighted by atomic mass is 9.90. The number of aliphatic imine (C=N–C) groups is 1. The van der Waals surface area contributed by atoms with E-state index in [-0.39, 0.29) is 5.92 Å². The molecule has 0 aromatic heterocycles. The molecule has 0 aliphatic carbocycles. The highest BCUT2D eigenvalue weighted by atomic mass is 14.8. The zero-order valence-electron chi connectivity index (χ0n) is 14.5. The highest BCUT2D eigenvalue weighted by molar-refractivity contribution is 6.06. The lowest BCUT2D eigenvalue weighted by Crippen LogP contribution is -2.11. The van der Waals surface area contributed by atoms with Crippen molar-refractivity contribution in [2.24, 2.45) is 4.99 Å². The average molecular weight is 313 g/mol. The minimum Gasteiger partial charge on any atom is -0.252 e. The predicted octanol–water partition coefficient (Wildman–Crippen LogP) is 6.23. The first kappa shape index (κ1) is 16.2. The summed E-state index contributed by atoms with van der Waals surface area (Å²) in [6.07, 6.45) is 0. The molecule has 0 aliphatic rings. The number of hydrogen-bond acceptors (Lipinski definition) is 1. The molecule has 0 bridgehead atoms. The van der Waals surface area contributed by atoms with Crippen molar-refractivity contribution in [1.82, 2.24) is 0 Å². The van der Waals surface area contributed by atoms with Gasteiger partial charge in [0.1, 0.15) is 0 Å². The van der Waals surface area contributed by atoms with Crippen molar-refractivity contribution >= 4 is 11.4 Å². The van der Waals surface area contributed by atoms with Gasteiger partial charge in [0.25, 0.3) is 0 Å². The molecule has 0 spiro atoms. The molecule has 0 saturated carbocycles. The van der Waals surface area contributed by atoms with E-state index in [4.69, 9.17) is 4.99 Å². The number of rotatable bonds is 4. The van der Waals surface area contributed by atoms with Crippen LogP contribution >= 0.6 is 0 Å². The quantitative estimate of drug-likeness (QED) is 0.506. The van der Waals surface area contributed by atoms with Gasteiger partial charge in [-0.25, -0.2) is 0 Å². The van der Waals surface area contributed by atoms with Gasteiger partial charge in [0.05, 0.1) is 11.4 Å². The highest BCUT2D eigenvalue weighted by Crippen LogP contribution is 2.26. The standard InChI is InChI=1S/C23H23N/c1-17-10-9-14-21(16-17)23(19(3)20-12-5-4-6-13-20)24-22-15-8-7-11-18(22)2/h4-16,19H,1-3H3. The van der Waals surface area contributed by atoms with E-state index < -0.39 is 0 Å². The maximum Gasteiger partial charge on any atom is 0.0662 e. The maximum absolute atomic E-state index is 5.06. The molecule has 0 heterocycles. The molecule has 0 aliphatic heterocycles. The van der Waals surface area contributed by atoms with Gasteiger partial charge in [-0.3, -0.25) is 4.99 Å². The highest BCUT2D eigenvalue weighted by Gasteiger charge is 2.16. The van der Waals surface area contributed by atoms with Gasteiger partial charge >= 0.3 is 0 Å². The molecule has 0 fully saturated rings. The third kappa shape index (κ3) is 3.62. The molecule has 0 amide bonds. The molecular weight excluding hydrogens is 290 g/mol. The second-order valence-corrected chi connectivity index (χ2v) is 6.29. The van der Waals surface area contributed by atoms with Crippen LogP contribution in [0.5, 0.6) is 0 Å². The van der Waals surface area contributed by atoms with Crippen LogP contribution in [0.1, 0.15) is 35.1 Å². The molecule has 3 aromatic carbocycles. The zero-order valence-corrected chi connectivity index (χ0v) is 14.5. The molecular formula is C23H23N. The van der Waals surface area contributed by atoms with Gasteiger partial charge in [0, 0.05) is 5.92 Å². The molecule has 1 nitrogen and oxygen atoms in total. The molecule has 0 radical (unpaired) electrons. The van der Waals surface area contributed by atoms with Crippen LogP contribution in [0.3, 0.4) is 0 Å². The second kappa shape index (κ2) is 7.27. The van der Waals surface area contributed by atoms with E-state index in [2.05, 4.69) is 93.6 Å². The molecule has 3 rings (SSSR count). The summed E-state index contributed by atoms with van der Waals surface area (Å²) in [6, 6.07) is 27.5. The summed E-state index contributed by atoms with van der Waals surface area (Å²) >= 11 is 0. The Morgan fingerprint density at radius 2 is 1.50 bits per heavy atom. The first-order valence-electron chi connectivity index (χ1n) is 8.41. The summed E-state index contributed by atoms with van der Waals surface area (Å²) in [4.78, 5) is 5.06. The molecule has 3 aromatic rings. The summed E-state index contributed by atoms with van der Waals surface area (Å²) in [5.41, 5.74) is 7.07. The number of nitrogens with zero attached hydrogens (tertiary/aromatic N) is 1. The monoisotopic (exact) mass is 313 g/mol. The molecule has 1 unspecified atom stereocenters. The van der Waals surface area contributed by atoms with Crippen molar-refractivity contribution in [3.05, 3.63) is 101 Å². The Labute approximate surface area is 144 Å². The molecule has 24 heavy (non-hydrogen) atoms. The van der Waals surface area contributed by atoms with Gasteiger partial charge in [-0.2, -0.15) is 0 Å². The first-order valence-corrected chi connectivity index (χ1v) is 8.41. The summed E-state index contributed by atoms with van der Waals surface area (Å²) in [7, 11) is 0. The summed E-state index contributed by atoms with van der Waals surface area (Å²) < 4.78 is 0. The van der Waals surface area contributed by atoms with Crippen molar-refractivity contribution in [2.45, 2.75) is 26.7 Å². The summed E-state index contributed by atoms with van der Waals surface area (Å²) in [5.74, 6) is 0.229. The van der Waals surface area contributed by atoms with Crippen molar-refractivity contribution in [2.75, 3.05) is 0 Å². The lowest BCUT2D eigenvalue weighted by molar-refractivity contribution is 1.02. The minimum absolute atomic E-state index is 0.229. The van der Waals surface area contributed by atoms with E-state index >= 15 is 0 Å². The number of para-hydroxylation sites is 1. The Balaban J connectivity index is 2.13. The van der Waals surface area contributed by atoms with Crippen molar-refractivity contribution < 1.29 is 0 Å². The summed E-state index contributed by atoms with van der Waals surface area (Å²) in [6.45, 7) is 6.47. The Morgan fingerprint density at radius 1 is 0.792 bits per heavy atom. The third-order valence-electron chi connectivity index (χ3n) is 4.38. The van der Waals surface area contributed by atoms with E-state index in [9.17, 15) is 0 Å². The largest absolute Gasteiger partial charge is 0.252 e. The van der Waals surface area contributed by atoms with Gasteiger partial charge in [-0.1, -0.05) is 85.3 Å². The maximum atomic E-state index is 5.06. The average Bonchev–Trinajstić information content (AvgIpc) is 2.61. The number of benzene rings is 3. The van der Waals surface area contributed by atoms with E-state index in [0.29, 0.717) is 0 Å². The normalized spacial score (nSPS) is 12.9. The van der Waals surface area contributed by atoms with Gasteiger partial charge < -0.3 is 0 Å². The van der Waals surface area contributed by atoms with Crippen molar-refractivity contribution in [3.8, 4) is 0 Å². The fraction of sp³-hybridized carbons (Fsp3) is 0.174. The van der Waals surface area contributed by atoms with Gasteiger partial charge in [0.15, 0.2) is 0 Å². The topological polar surface area (TPSA) is 12.4 Å². The van der Waals surface area contributed by atoms with Crippen LogP contribution < -0.4 is 0 Å². The van der Waals surface area contributed by atoms with Crippen LogP contribution in [0.2, 0.25) is 0 Å². The van der Waals surface area contributed by atoms with E-state index in [1.807, 2.05) is 6.07 Å². The Kier molecular flexibility index (Phi) is 4.90. The summed E-state index contributed by atoms with van der Waals surface area (Å²) in [5, 5.41) is 0. The third-order valence-corrected chi connectivity index (χ3v) is 4.38. The van der Waals surface area contributed by atoms with Crippen LogP contribution in [-0.4, -0.2) is 5.71 Å². The number of aryl methyl sites for hydroxylation is 2. The van der Waals surface area contributed by atoms with Crippen LogP contribution in [0.15, 0.2) is 83.9 Å². The van der Waals surface area contributed by atoms with Gasteiger partial charge in [0.2, 0.25) is 0 Å². The predicted molar refractivity (Wildman–Crippen MR) is 103 cm³/mol.